The molecule has 5 nitrogen and oxygen atoms in total. The Morgan fingerprint density at radius 1 is 1.11 bits per heavy atom. The Hall–Kier alpha value is -2.04. The maximum absolute atomic E-state index is 11.2. The summed E-state index contributed by atoms with van der Waals surface area (Å²) in [6.45, 7) is 5.07. The third-order valence-corrected chi connectivity index (χ3v) is 3.11. The third kappa shape index (κ3) is 2.61. The van der Waals surface area contributed by atoms with Crippen LogP contribution in [0.5, 0.6) is 0 Å². The lowest BCUT2D eigenvalue weighted by molar-refractivity contribution is 0.610. The maximum Gasteiger partial charge on any atom is 0.310 e. The second-order valence-corrected chi connectivity index (χ2v) is 4.48. The van der Waals surface area contributed by atoms with E-state index in [1.807, 2.05) is 0 Å². The lowest BCUT2D eigenvalue weighted by atomic mass is 10.2. The molecule has 0 saturated heterocycles. The van der Waals surface area contributed by atoms with Gasteiger partial charge in [-0.2, -0.15) is 0 Å². The molecule has 0 aliphatic heterocycles. The summed E-state index contributed by atoms with van der Waals surface area (Å²) in [4.78, 5) is 22.1. The second-order valence-electron chi connectivity index (χ2n) is 4.48. The maximum atomic E-state index is 11.2. The van der Waals surface area contributed by atoms with Crippen LogP contribution in [0.25, 0.3) is 0 Å². The van der Waals surface area contributed by atoms with Gasteiger partial charge in [0.05, 0.1) is 0 Å². The number of nitrogens with one attached hydrogen (secondary N) is 2. The Morgan fingerprint density at radius 3 is 2.39 bits per heavy atom. The van der Waals surface area contributed by atoms with Gasteiger partial charge in [0.2, 0.25) is 5.43 Å². The smallest absolute Gasteiger partial charge is 0.310 e. The molecule has 2 rings (SSSR count). The molecule has 0 radical (unpaired) electrons. The van der Waals surface area contributed by atoms with Crippen LogP contribution in [0, 0.1) is 13.8 Å². The lowest BCUT2D eigenvalue weighted by Crippen LogP contribution is -2.27. The first kappa shape index (κ1) is 12.4. The first-order chi connectivity index (χ1) is 8.58. The predicted molar refractivity (Wildman–Crippen MR) is 69.9 cm³/mol. The van der Waals surface area contributed by atoms with Gasteiger partial charge in [0.15, 0.2) is 0 Å². The van der Waals surface area contributed by atoms with Crippen molar-refractivity contribution in [3.8, 4) is 0 Å². The molecule has 0 aliphatic carbocycles. The average molecular weight is 247 g/mol. The van der Waals surface area contributed by atoms with Gasteiger partial charge in [0.1, 0.15) is 0 Å². The number of nitrogens with zero attached hydrogens (tertiary/aromatic N) is 1. The minimum absolute atomic E-state index is 0.489. The number of hydrogen-bond acceptors (Lipinski definition) is 2. The molecular weight excluding hydrogens is 230 g/mol. The highest BCUT2D eigenvalue weighted by atomic mass is 16.2. The monoisotopic (exact) mass is 247 g/mol. The number of rotatable bonds is 4. The molecular formula is C13H17N3O2. The fourth-order valence-corrected chi connectivity index (χ4v) is 2.07. The van der Waals surface area contributed by atoms with Crippen LogP contribution in [0.2, 0.25) is 0 Å². The molecule has 0 spiro atoms. The summed E-state index contributed by atoms with van der Waals surface area (Å²) >= 11 is 0. The van der Waals surface area contributed by atoms with Gasteiger partial charge < -0.3 is 9.67 Å². The molecule has 0 aromatic carbocycles. The van der Waals surface area contributed by atoms with E-state index in [0.717, 1.165) is 25.1 Å². The molecule has 0 aliphatic rings. The molecule has 0 bridgehead atoms. The van der Waals surface area contributed by atoms with Gasteiger partial charge in [0.25, 0.3) is 0 Å². The van der Waals surface area contributed by atoms with E-state index in [4.69, 9.17) is 0 Å². The van der Waals surface area contributed by atoms with Gasteiger partial charge in [-0.3, -0.25) is 14.7 Å². The molecule has 18 heavy (non-hydrogen) atoms. The van der Waals surface area contributed by atoms with Crippen LogP contribution in [0.3, 0.4) is 0 Å². The van der Waals surface area contributed by atoms with Crippen molar-refractivity contribution in [2.75, 3.05) is 0 Å². The Kier molecular flexibility index (Phi) is 3.50. The summed E-state index contributed by atoms with van der Waals surface area (Å²) in [6.07, 6.45) is 1.65. The molecule has 2 aromatic heterocycles. The van der Waals surface area contributed by atoms with Crippen molar-refractivity contribution in [3.63, 3.8) is 0 Å². The topological polar surface area (TPSA) is 70.7 Å². The standard InChI is InChI=1S/C13H17N3O2/c1-9-5-6-10(2)16(9)7-3-4-11-8-12(17)13(18)15-14-11/h5-6,8H,3-4,7H2,1-2H3,(H,14,17)(H,15,18). The molecule has 96 valence electrons. The van der Waals surface area contributed by atoms with E-state index < -0.39 is 11.0 Å². The zero-order chi connectivity index (χ0) is 13.1. The van der Waals surface area contributed by atoms with Crippen molar-refractivity contribution in [2.24, 2.45) is 0 Å². The zero-order valence-electron chi connectivity index (χ0n) is 10.6. The zero-order valence-corrected chi connectivity index (χ0v) is 10.6. The molecule has 2 heterocycles. The second kappa shape index (κ2) is 5.08. The molecule has 2 N–H and O–H groups in total. The number of H-pyrrole nitrogens is 2. The van der Waals surface area contributed by atoms with E-state index in [2.05, 4.69) is 40.7 Å². The number of aryl methyl sites for hydroxylation is 3. The molecule has 0 unspecified atom stereocenters. The Morgan fingerprint density at radius 2 is 1.78 bits per heavy atom. The largest absolute Gasteiger partial charge is 0.349 e. The van der Waals surface area contributed by atoms with Crippen molar-refractivity contribution in [1.29, 1.82) is 0 Å². The minimum Gasteiger partial charge on any atom is -0.349 e. The van der Waals surface area contributed by atoms with E-state index in [9.17, 15) is 9.59 Å². The van der Waals surface area contributed by atoms with E-state index in [1.165, 1.54) is 17.5 Å². The highest BCUT2D eigenvalue weighted by molar-refractivity contribution is 5.13. The van der Waals surface area contributed by atoms with Crippen molar-refractivity contribution >= 4 is 0 Å². The van der Waals surface area contributed by atoms with Crippen LogP contribution in [-0.4, -0.2) is 14.8 Å². The van der Waals surface area contributed by atoms with Crippen LogP contribution in [0.4, 0.5) is 0 Å². The van der Waals surface area contributed by atoms with Gasteiger partial charge in [-0.15, -0.1) is 0 Å². The van der Waals surface area contributed by atoms with Gasteiger partial charge in [0, 0.05) is 29.7 Å². The third-order valence-electron chi connectivity index (χ3n) is 3.11. The molecule has 0 saturated carbocycles. The van der Waals surface area contributed by atoms with Crippen LogP contribution in [0.1, 0.15) is 23.5 Å². The SMILES string of the molecule is Cc1ccc(C)n1CCCc1cc(=O)c(=O)[nH][nH]1. The van der Waals surface area contributed by atoms with E-state index in [1.54, 1.807) is 0 Å². The Balaban J connectivity index is 1.98. The van der Waals surface area contributed by atoms with E-state index >= 15 is 0 Å². The molecule has 5 heteroatoms. The quantitative estimate of drug-likeness (QED) is 0.795. The van der Waals surface area contributed by atoms with Crippen LogP contribution in [-0.2, 0) is 13.0 Å². The van der Waals surface area contributed by atoms with Crippen LogP contribution >= 0.6 is 0 Å². The van der Waals surface area contributed by atoms with Gasteiger partial charge >= 0.3 is 5.56 Å². The number of aromatic nitrogens is 3. The summed E-state index contributed by atoms with van der Waals surface area (Å²) in [7, 11) is 0. The fraction of sp³-hybridized carbons (Fsp3) is 0.385. The highest BCUT2D eigenvalue weighted by Crippen LogP contribution is 2.08. The van der Waals surface area contributed by atoms with E-state index in [0.29, 0.717) is 0 Å². The molecule has 0 atom stereocenters. The average Bonchev–Trinajstić information content (AvgIpc) is 2.65. The summed E-state index contributed by atoms with van der Waals surface area (Å²) in [6, 6.07) is 5.56. The van der Waals surface area contributed by atoms with Crippen LogP contribution < -0.4 is 11.0 Å². The van der Waals surface area contributed by atoms with Gasteiger partial charge in [-0.1, -0.05) is 0 Å². The molecule has 2 aromatic rings. The lowest BCUT2D eigenvalue weighted by Gasteiger charge is -2.08. The van der Waals surface area contributed by atoms with Gasteiger partial charge in [-0.05, 0) is 38.8 Å². The normalized spacial score (nSPS) is 10.8. The van der Waals surface area contributed by atoms with E-state index in [-0.39, 0.29) is 0 Å². The highest BCUT2D eigenvalue weighted by Gasteiger charge is 2.02. The summed E-state index contributed by atoms with van der Waals surface area (Å²) in [5.41, 5.74) is 2.15. The van der Waals surface area contributed by atoms with Crippen LogP contribution in [0.15, 0.2) is 27.8 Å². The Labute approximate surface area is 104 Å². The molecule has 0 amide bonds. The van der Waals surface area contributed by atoms with Crippen molar-refractivity contribution in [1.82, 2.24) is 14.8 Å². The first-order valence-corrected chi connectivity index (χ1v) is 6.01. The van der Waals surface area contributed by atoms with Crippen molar-refractivity contribution in [2.45, 2.75) is 33.2 Å². The molecule has 0 fully saturated rings. The predicted octanol–water partition coefficient (Wildman–Crippen LogP) is 1.11. The number of hydrogen-bond donors (Lipinski definition) is 2. The van der Waals surface area contributed by atoms with Crippen molar-refractivity contribution in [3.05, 3.63) is 55.9 Å². The fourth-order valence-electron chi connectivity index (χ4n) is 2.07. The minimum atomic E-state index is -0.601. The Bertz CT molecular complexity index is 629. The summed E-state index contributed by atoms with van der Waals surface area (Å²) in [5.74, 6) is 0. The van der Waals surface area contributed by atoms with Crippen molar-refractivity contribution < 1.29 is 0 Å². The van der Waals surface area contributed by atoms with Gasteiger partial charge in [-0.25, -0.2) is 0 Å². The summed E-state index contributed by atoms with van der Waals surface area (Å²) < 4.78 is 2.24. The number of aromatic amines is 2. The summed E-state index contributed by atoms with van der Waals surface area (Å²) in [5, 5.41) is 5.07. The first-order valence-electron chi connectivity index (χ1n) is 6.01.